The maximum absolute atomic E-state index is 11.7. The molecule has 0 fully saturated rings. The molecule has 0 aromatic heterocycles. The Bertz CT molecular complexity index is 256. The molecule has 0 aromatic rings. The molecule has 0 aliphatic carbocycles. The Labute approximate surface area is 80.1 Å². The molecule has 0 aliphatic rings. The van der Waals surface area contributed by atoms with Gasteiger partial charge in [0.15, 0.2) is 0 Å². The van der Waals surface area contributed by atoms with Gasteiger partial charge in [0.1, 0.15) is 0 Å². The van der Waals surface area contributed by atoms with E-state index in [-0.39, 0.29) is 12.8 Å². The van der Waals surface area contributed by atoms with Crippen molar-refractivity contribution >= 4 is 7.82 Å². The molecule has 4 nitrogen and oxygen atoms in total. The van der Waals surface area contributed by atoms with E-state index in [0.717, 1.165) is 0 Å². The van der Waals surface area contributed by atoms with Crippen LogP contribution in [0.15, 0.2) is 24.8 Å². The molecule has 0 amide bonds. The standard InChI is InChI=1S/C7H11F2O4P/c1-2-3-6(4-5-7(8)9)13-14(10,11)12/h2,5-6H,1,3-4H2,(H2,10,11,12). The molecule has 0 heterocycles. The predicted molar refractivity (Wildman–Crippen MR) is 46.6 cm³/mol. The first-order valence-corrected chi connectivity index (χ1v) is 5.24. The number of hydrogen-bond donors (Lipinski definition) is 2. The van der Waals surface area contributed by atoms with Gasteiger partial charge in [0.25, 0.3) is 6.08 Å². The van der Waals surface area contributed by atoms with E-state index in [9.17, 15) is 13.3 Å². The van der Waals surface area contributed by atoms with E-state index in [4.69, 9.17) is 9.79 Å². The summed E-state index contributed by atoms with van der Waals surface area (Å²) in [6.07, 6.45) is -1.18. The number of halogens is 2. The Morgan fingerprint density at radius 2 is 2.07 bits per heavy atom. The van der Waals surface area contributed by atoms with Crippen molar-refractivity contribution in [2.24, 2.45) is 0 Å². The maximum Gasteiger partial charge on any atom is 0.469 e. The predicted octanol–water partition coefficient (Wildman–Crippen LogP) is 2.21. The lowest BCUT2D eigenvalue weighted by molar-refractivity contribution is 0.135. The van der Waals surface area contributed by atoms with Crippen LogP contribution in [0.2, 0.25) is 0 Å². The van der Waals surface area contributed by atoms with Gasteiger partial charge in [-0.05, 0) is 18.9 Å². The van der Waals surface area contributed by atoms with Gasteiger partial charge in [-0.2, -0.15) is 8.78 Å². The first-order chi connectivity index (χ1) is 6.35. The second-order valence-electron chi connectivity index (χ2n) is 2.47. The molecular formula is C7H11F2O4P. The fraction of sp³-hybridized carbons (Fsp3) is 0.429. The summed E-state index contributed by atoms with van der Waals surface area (Å²) in [5.74, 6) is 0. The highest BCUT2D eigenvalue weighted by Gasteiger charge is 2.20. The third kappa shape index (κ3) is 8.07. The van der Waals surface area contributed by atoms with Crippen molar-refractivity contribution in [1.29, 1.82) is 0 Å². The first-order valence-electron chi connectivity index (χ1n) is 3.71. The molecule has 0 aliphatic heterocycles. The minimum absolute atomic E-state index is 0.0922. The molecule has 1 atom stereocenters. The van der Waals surface area contributed by atoms with Crippen LogP contribution in [0.4, 0.5) is 8.78 Å². The second kappa shape index (κ2) is 6.03. The summed E-state index contributed by atoms with van der Waals surface area (Å²) >= 11 is 0. The molecule has 0 aromatic carbocycles. The first kappa shape index (κ1) is 13.4. The van der Waals surface area contributed by atoms with Gasteiger partial charge in [-0.1, -0.05) is 6.08 Å². The highest BCUT2D eigenvalue weighted by molar-refractivity contribution is 7.46. The van der Waals surface area contributed by atoms with Gasteiger partial charge in [-0.25, -0.2) is 4.57 Å². The zero-order valence-corrected chi connectivity index (χ0v) is 8.16. The molecule has 0 radical (unpaired) electrons. The summed E-state index contributed by atoms with van der Waals surface area (Å²) in [5, 5.41) is 0. The van der Waals surface area contributed by atoms with Gasteiger partial charge in [-0.15, -0.1) is 6.58 Å². The molecule has 0 saturated carbocycles. The van der Waals surface area contributed by atoms with E-state index >= 15 is 0 Å². The van der Waals surface area contributed by atoms with Crippen molar-refractivity contribution < 1.29 is 27.7 Å². The minimum Gasteiger partial charge on any atom is -0.303 e. The molecule has 0 saturated heterocycles. The number of phosphoric ester groups is 1. The van der Waals surface area contributed by atoms with Crippen LogP contribution >= 0.6 is 7.82 Å². The zero-order chi connectivity index (χ0) is 11.2. The van der Waals surface area contributed by atoms with E-state index in [1.165, 1.54) is 6.08 Å². The Balaban J connectivity index is 4.22. The summed E-state index contributed by atoms with van der Waals surface area (Å²) < 4.78 is 37.9. The molecule has 7 heteroatoms. The lowest BCUT2D eigenvalue weighted by Gasteiger charge is -2.14. The van der Waals surface area contributed by atoms with Gasteiger partial charge >= 0.3 is 7.82 Å². The molecule has 14 heavy (non-hydrogen) atoms. The third-order valence-corrected chi connectivity index (χ3v) is 1.82. The fourth-order valence-electron chi connectivity index (χ4n) is 0.783. The summed E-state index contributed by atoms with van der Waals surface area (Å²) in [5.41, 5.74) is 0. The highest BCUT2D eigenvalue weighted by atomic mass is 31.2. The van der Waals surface area contributed by atoms with Gasteiger partial charge in [0.2, 0.25) is 0 Å². The third-order valence-electron chi connectivity index (χ3n) is 1.25. The Hall–Kier alpha value is -0.550. The lowest BCUT2D eigenvalue weighted by atomic mass is 10.2. The van der Waals surface area contributed by atoms with Crippen LogP contribution in [0.25, 0.3) is 0 Å². The van der Waals surface area contributed by atoms with Crippen molar-refractivity contribution in [3.63, 3.8) is 0 Å². The lowest BCUT2D eigenvalue weighted by Crippen LogP contribution is -2.09. The van der Waals surface area contributed by atoms with Crippen LogP contribution < -0.4 is 0 Å². The van der Waals surface area contributed by atoms with E-state index in [2.05, 4.69) is 11.1 Å². The second-order valence-corrected chi connectivity index (χ2v) is 3.66. The van der Waals surface area contributed by atoms with Crippen LogP contribution in [0.5, 0.6) is 0 Å². The van der Waals surface area contributed by atoms with Crippen molar-refractivity contribution in [3.05, 3.63) is 24.8 Å². The fourth-order valence-corrected chi connectivity index (χ4v) is 1.34. The van der Waals surface area contributed by atoms with Crippen molar-refractivity contribution in [2.75, 3.05) is 0 Å². The molecule has 0 spiro atoms. The average Bonchev–Trinajstić information content (AvgIpc) is 1.98. The normalized spacial score (nSPS) is 13.4. The quantitative estimate of drug-likeness (QED) is 0.540. The molecule has 0 bridgehead atoms. The zero-order valence-electron chi connectivity index (χ0n) is 7.27. The van der Waals surface area contributed by atoms with Crippen LogP contribution in [0.1, 0.15) is 12.8 Å². The Kier molecular flexibility index (Phi) is 5.79. The number of hydrogen-bond acceptors (Lipinski definition) is 2. The minimum atomic E-state index is -4.63. The summed E-state index contributed by atoms with van der Waals surface area (Å²) in [6.45, 7) is 3.32. The van der Waals surface area contributed by atoms with Gasteiger partial charge in [-0.3, -0.25) is 4.52 Å². The maximum atomic E-state index is 11.7. The van der Waals surface area contributed by atoms with E-state index < -0.39 is 20.0 Å². The molecule has 0 rings (SSSR count). The summed E-state index contributed by atoms with van der Waals surface area (Å²) in [4.78, 5) is 16.9. The summed E-state index contributed by atoms with van der Waals surface area (Å²) in [7, 11) is -4.63. The Morgan fingerprint density at radius 3 is 2.43 bits per heavy atom. The largest absolute Gasteiger partial charge is 0.469 e. The monoisotopic (exact) mass is 228 g/mol. The topological polar surface area (TPSA) is 66.8 Å². The number of phosphoric acid groups is 1. The van der Waals surface area contributed by atoms with Gasteiger partial charge < -0.3 is 9.79 Å². The van der Waals surface area contributed by atoms with Crippen LogP contribution in [0.3, 0.4) is 0 Å². The average molecular weight is 228 g/mol. The van der Waals surface area contributed by atoms with Crippen molar-refractivity contribution in [2.45, 2.75) is 18.9 Å². The number of rotatable bonds is 6. The van der Waals surface area contributed by atoms with Gasteiger partial charge in [0, 0.05) is 0 Å². The van der Waals surface area contributed by atoms with Crippen molar-refractivity contribution in [3.8, 4) is 0 Å². The molecular weight excluding hydrogens is 217 g/mol. The van der Waals surface area contributed by atoms with E-state index in [1.807, 2.05) is 0 Å². The smallest absolute Gasteiger partial charge is 0.303 e. The molecule has 1 unspecified atom stereocenters. The van der Waals surface area contributed by atoms with Crippen molar-refractivity contribution in [1.82, 2.24) is 0 Å². The molecule has 2 N–H and O–H groups in total. The highest BCUT2D eigenvalue weighted by Crippen LogP contribution is 2.39. The summed E-state index contributed by atoms with van der Waals surface area (Å²) in [6, 6.07) is 0. The van der Waals surface area contributed by atoms with Crippen LogP contribution in [-0.2, 0) is 9.09 Å². The Morgan fingerprint density at radius 1 is 1.50 bits per heavy atom. The SMILES string of the molecule is C=CCC(CC=C(F)F)OP(=O)(O)O. The van der Waals surface area contributed by atoms with E-state index in [1.54, 1.807) is 0 Å². The van der Waals surface area contributed by atoms with Gasteiger partial charge in [0.05, 0.1) is 6.10 Å². The van der Waals surface area contributed by atoms with E-state index in [0.29, 0.717) is 6.08 Å². The molecule has 82 valence electrons. The van der Waals surface area contributed by atoms with Crippen LogP contribution in [0, 0.1) is 0 Å². The van der Waals surface area contributed by atoms with Crippen LogP contribution in [-0.4, -0.2) is 15.9 Å².